The molecule has 0 bridgehead atoms. The van der Waals surface area contributed by atoms with E-state index in [-0.39, 0.29) is 0 Å². The molecule has 3 aromatic heterocycles. The van der Waals surface area contributed by atoms with E-state index >= 15 is 0 Å². The second-order valence-corrected chi connectivity index (χ2v) is 5.77. The molecule has 0 N–H and O–H groups in total. The Hall–Kier alpha value is -1.68. The maximum atomic E-state index is 4.51. The van der Waals surface area contributed by atoms with Gasteiger partial charge in [-0.1, -0.05) is 12.1 Å². The van der Waals surface area contributed by atoms with Gasteiger partial charge in [-0.25, -0.2) is 9.97 Å². The van der Waals surface area contributed by atoms with Crippen molar-refractivity contribution in [2.24, 2.45) is 0 Å². The van der Waals surface area contributed by atoms with Gasteiger partial charge in [-0.05, 0) is 58.5 Å². The summed E-state index contributed by atoms with van der Waals surface area (Å²) in [6, 6.07) is 10.2. The van der Waals surface area contributed by atoms with Gasteiger partial charge >= 0.3 is 0 Å². The van der Waals surface area contributed by atoms with Crippen LogP contribution in [0, 0.1) is 0 Å². The zero-order valence-corrected chi connectivity index (χ0v) is 11.8. The van der Waals surface area contributed by atoms with Gasteiger partial charge in [0, 0.05) is 6.20 Å². The van der Waals surface area contributed by atoms with Gasteiger partial charge in [0.15, 0.2) is 0 Å². The summed E-state index contributed by atoms with van der Waals surface area (Å²) in [7, 11) is 0. The third-order valence-corrected chi connectivity index (χ3v) is 4.00. The Morgan fingerprint density at radius 2 is 2.05 bits per heavy atom. The van der Waals surface area contributed by atoms with Crippen molar-refractivity contribution in [3.05, 3.63) is 52.9 Å². The predicted octanol–water partition coefficient (Wildman–Crippen LogP) is 4.04. The average molecular weight is 314 g/mol. The molecule has 0 saturated heterocycles. The molecule has 0 aliphatic heterocycles. The molecule has 94 valence electrons. The van der Waals surface area contributed by atoms with Gasteiger partial charge < -0.3 is 0 Å². The molecule has 19 heavy (non-hydrogen) atoms. The van der Waals surface area contributed by atoms with Crippen molar-refractivity contribution in [1.82, 2.24) is 14.4 Å². The van der Waals surface area contributed by atoms with Crippen LogP contribution in [0.3, 0.4) is 0 Å². The van der Waals surface area contributed by atoms with Crippen LogP contribution in [0.1, 0.15) is 24.3 Å². The Morgan fingerprint density at radius 1 is 1.16 bits per heavy atom. The van der Waals surface area contributed by atoms with Crippen molar-refractivity contribution in [3.8, 4) is 11.4 Å². The van der Waals surface area contributed by atoms with Crippen LogP contribution in [0.5, 0.6) is 0 Å². The van der Waals surface area contributed by atoms with Crippen molar-refractivity contribution in [3.63, 3.8) is 0 Å². The zero-order valence-electron chi connectivity index (χ0n) is 10.3. The van der Waals surface area contributed by atoms with Crippen LogP contribution in [0.2, 0.25) is 0 Å². The molecule has 3 nitrogen and oxygen atoms in total. The Bertz CT molecular complexity index is 759. The first-order valence-corrected chi connectivity index (χ1v) is 7.20. The highest BCUT2D eigenvalue weighted by Crippen LogP contribution is 2.40. The fourth-order valence-electron chi connectivity index (χ4n) is 2.40. The van der Waals surface area contributed by atoms with E-state index in [4.69, 9.17) is 0 Å². The minimum atomic E-state index is 0.745. The van der Waals surface area contributed by atoms with Gasteiger partial charge in [0.25, 0.3) is 0 Å². The Kier molecular flexibility index (Phi) is 2.45. The van der Waals surface area contributed by atoms with Gasteiger partial charge in [0.2, 0.25) is 0 Å². The molecule has 1 saturated carbocycles. The highest BCUT2D eigenvalue weighted by molar-refractivity contribution is 9.10. The van der Waals surface area contributed by atoms with Crippen LogP contribution in [0.4, 0.5) is 0 Å². The maximum absolute atomic E-state index is 4.51. The van der Waals surface area contributed by atoms with Crippen LogP contribution in [-0.4, -0.2) is 14.4 Å². The summed E-state index contributed by atoms with van der Waals surface area (Å²) in [6.07, 6.45) is 6.72. The Morgan fingerprint density at radius 3 is 2.84 bits per heavy atom. The summed E-state index contributed by atoms with van der Waals surface area (Å²) in [5.41, 5.74) is 4.36. The first-order chi connectivity index (χ1) is 9.31. The quantitative estimate of drug-likeness (QED) is 0.668. The lowest BCUT2D eigenvalue weighted by Gasteiger charge is -2.04. The molecular formula is C15H12BrN3. The minimum absolute atomic E-state index is 0.745. The second kappa shape index (κ2) is 4.17. The third-order valence-electron chi connectivity index (χ3n) is 3.55. The first kappa shape index (κ1) is 11.2. The third kappa shape index (κ3) is 1.96. The predicted molar refractivity (Wildman–Crippen MR) is 78.1 cm³/mol. The first-order valence-electron chi connectivity index (χ1n) is 6.41. The van der Waals surface area contributed by atoms with Crippen molar-refractivity contribution in [2.45, 2.75) is 18.8 Å². The number of hydrogen-bond donors (Lipinski definition) is 0. The maximum Gasteiger partial charge on any atom is 0.137 e. The number of nitrogens with zero attached hydrogens (tertiary/aromatic N) is 3. The number of imidazole rings is 1. The highest BCUT2D eigenvalue weighted by Gasteiger charge is 2.24. The van der Waals surface area contributed by atoms with Gasteiger partial charge in [-0.15, -0.1) is 0 Å². The smallest absolute Gasteiger partial charge is 0.137 e. The van der Waals surface area contributed by atoms with E-state index in [1.54, 1.807) is 0 Å². The van der Waals surface area contributed by atoms with Gasteiger partial charge in [-0.3, -0.25) is 4.40 Å². The number of halogens is 1. The molecule has 0 amide bonds. The van der Waals surface area contributed by atoms with E-state index in [1.807, 2.05) is 24.4 Å². The lowest BCUT2D eigenvalue weighted by atomic mass is 10.2. The summed E-state index contributed by atoms with van der Waals surface area (Å²) >= 11 is 3.42. The van der Waals surface area contributed by atoms with E-state index < -0.39 is 0 Å². The summed E-state index contributed by atoms with van der Waals surface area (Å²) in [5, 5.41) is 0. The van der Waals surface area contributed by atoms with Gasteiger partial charge in [-0.2, -0.15) is 0 Å². The Labute approximate surface area is 119 Å². The molecule has 0 radical (unpaired) electrons. The summed E-state index contributed by atoms with van der Waals surface area (Å²) < 4.78 is 2.99. The van der Waals surface area contributed by atoms with E-state index in [0.29, 0.717) is 0 Å². The number of pyridine rings is 2. The second-order valence-electron chi connectivity index (χ2n) is 4.95. The van der Waals surface area contributed by atoms with Crippen molar-refractivity contribution >= 4 is 21.6 Å². The van der Waals surface area contributed by atoms with Gasteiger partial charge in [0.05, 0.1) is 17.6 Å². The molecule has 1 aliphatic rings. The average Bonchev–Trinajstić information content (AvgIpc) is 3.18. The minimum Gasteiger partial charge on any atom is -0.298 e. The lowest BCUT2D eigenvalue weighted by Crippen LogP contribution is -1.93. The fourth-order valence-corrected chi connectivity index (χ4v) is 2.74. The van der Waals surface area contributed by atoms with Crippen LogP contribution in [-0.2, 0) is 0 Å². The van der Waals surface area contributed by atoms with E-state index in [9.17, 15) is 0 Å². The molecule has 0 spiro atoms. The van der Waals surface area contributed by atoms with Crippen molar-refractivity contribution in [1.29, 1.82) is 0 Å². The standard InChI is InChI=1S/C15H12BrN3/c16-14-3-1-2-12(18-14)13-8-17-15-7-6-11(9-19(13)15)10-4-5-10/h1-3,6-10H,4-5H2. The number of hydrogen-bond acceptors (Lipinski definition) is 2. The normalized spacial score (nSPS) is 15.0. The van der Waals surface area contributed by atoms with Crippen molar-refractivity contribution < 1.29 is 0 Å². The van der Waals surface area contributed by atoms with Crippen LogP contribution in [0.25, 0.3) is 17.0 Å². The Balaban J connectivity index is 1.91. The zero-order chi connectivity index (χ0) is 12.8. The fraction of sp³-hybridized carbons (Fsp3) is 0.200. The van der Waals surface area contributed by atoms with Crippen molar-refractivity contribution in [2.75, 3.05) is 0 Å². The number of fused-ring (bicyclic) bond motifs is 1. The molecule has 0 aromatic carbocycles. The number of rotatable bonds is 2. The summed E-state index contributed by atoms with van der Waals surface area (Å²) in [5.74, 6) is 0.745. The van der Waals surface area contributed by atoms with Crippen LogP contribution >= 0.6 is 15.9 Å². The summed E-state index contributed by atoms with van der Waals surface area (Å²) in [4.78, 5) is 8.96. The monoisotopic (exact) mass is 313 g/mol. The van der Waals surface area contributed by atoms with Gasteiger partial charge in [0.1, 0.15) is 10.3 Å². The number of aromatic nitrogens is 3. The van der Waals surface area contributed by atoms with E-state index in [1.165, 1.54) is 18.4 Å². The largest absolute Gasteiger partial charge is 0.298 e. The van der Waals surface area contributed by atoms with E-state index in [2.05, 4.69) is 48.6 Å². The molecule has 1 aliphatic carbocycles. The van der Waals surface area contributed by atoms with E-state index in [0.717, 1.165) is 27.6 Å². The summed E-state index contributed by atoms with van der Waals surface area (Å²) in [6.45, 7) is 0. The SMILES string of the molecule is Brc1cccc(-c2cnc3ccc(C4CC4)cn23)n1. The molecule has 0 atom stereocenters. The molecule has 3 aromatic rings. The lowest BCUT2D eigenvalue weighted by molar-refractivity contribution is 1.06. The van der Waals surface area contributed by atoms with Crippen LogP contribution < -0.4 is 0 Å². The van der Waals surface area contributed by atoms with Crippen LogP contribution in [0.15, 0.2) is 47.3 Å². The molecule has 4 rings (SSSR count). The molecule has 1 fully saturated rings. The molecule has 4 heteroatoms. The molecule has 0 unspecified atom stereocenters. The highest BCUT2D eigenvalue weighted by atomic mass is 79.9. The topological polar surface area (TPSA) is 30.2 Å². The molecular weight excluding hydrogens is 302 g/mol. The molecule has 3 heterocycles.